The van der Waals surface area contributed by atoms with E-state index < -0.39 is 42.7 Å². The number of benzene rings is 1. The molecular weight excluding hydrogens is 406 g/mol. The zero-order valence-corrected chi connectivity index (χ0v) is 15.2. The number of carboxylic acids is 1. The SMILES string of the molecule is O=C(O)CCCC=CC[C@@H]1COC(C(F)(F)F)(C(F)(F)F)O[C@@H]1c1ccccc1. The van der Waals surface area contributed by atoms with Gasteiger partial charge in [-0.2, -0.15) is 26.3 Å². The first kappa shape index (κ1) is 23.2. The third-order valence-corrected chi connectivity index (χ3v) is 4.46. The Morgan fingerprint density at radius 3 is 2.28 bits per heavy atom. The van der Waals surface area contributed by atoms with E-state index in [-0.39, 0.29) is 18.4 Å². The monoisotopic (exact) mass is 426 g/mol. The second kappa shape index (κ2) is 9.17. The molecule has 2 rings (SSSR count). The van der Waals surface area contributed by atoms with Crippen LogP contribution in [0.2, 0.25) is 0 Å². The van der Waals surface area contributed by atoms with E-state index in [0.29, 0.717) is 12.8 Å². The van der Waals surface area contributed by atoms with Gasteiger partial charge in [-0.25, -0.2) is 0 Å². The maximum absolute atomic E-state index is 13.3. The molecule has 162 valence electrons. The molecule has 2 atom stereocenters. The summed E-state index contributed by atoms with van der Waals surface area (Å²) in [6.07, 6.45) is -9.01. The zero-order chi connectivity index (χ0) is 21.7. The molecule has 0 aliphatic carbocycles. The van der Waals surface area contributed by atoms with Crippen molar-refractivity contribution in [2.24, 2.45) is 5.92 Å². The van der Waals surface area contributed by atoms with E-state index in [1.54, 1.807) is 18.2 Å². The maximum atomic E-state index is 13.3. The van der Waals surface area contributed by atoms with Crippen LogP contribution in [0.4, 0.5) is 26.3 Å². The predicted molar refractivity (Wildman–Crippen MR) is 89.8 cm³/mol. The van der Waals surface area contributed by atoms with E-state index in [1.807, 2.05) is 0 Å². The lowest BCUT2D eigenvalue weighted by molar-refractivity contribution is -0.497. The lowest BCUT2D eigenvalue weighted by Gasteiger charge is -2.45. The van der Waals surface area contributed by atoms with Gasteiger partial charge < -0.3 is 14.6 Å². The summed E-state index contributed by atoms with van der Waals surface area (Å²) in [7, 11) is 0. The Hall–Kier alpha value is -2.07. The number of ether oxygens (including phenoxy) is 2. The Kier molecular flexibility index (Phi) is 7.34. The first-order valence-corrected chi connectivity index (χ1v) is 8.85. The number of rotatable bonds is 7. The first-order chi connectivity index (χ1) is 13.5. The van der Waals surface area contributed by atoms with Gasteiger partial charge in [-0.15, -0.1) is 0 Å². The molecule has 1 heterocycles. The number of unbranched alkanes of at least 4 members (excludes halogenated alkanes) is 1. The van der Waals surface area contributed by atoms with Gasteiger partial charge in [-0.3, -0.25) is 4.79 Å². The molecule has 10 heteroatoms. The van der Waals surface area contributed by atoms with Crippen LogP contribution in [0.5, 0.6) is 0 Å². The summed E-state index contributed by atoms with van der Waals surface area (Å²) in [4.78, 5) is 10.5. The molecule has 0 radical (unpaired) electrons. The second-order valence-corrected chi connectivity index (χ2v) is 6.63. The minimum atomic E-state index is -5.81. The van der Waals surface area contributed by atoms with Crippen molar-refractivity contribution in [2.45, 2.75) is 49.9 Å². The molecule has 1 aromatic carbocycles. The lowest BCUT2D eigenvalue weighted by atomic mass is 9.91. The summed E-state index contributed by atoms with van der Waals surface area (Å²) < 4.78 is 88.9. The highest BCUT2D eigenvalue weighted by molar-refractivity contribution is 5.66. The smallest absolute Gasteiger partial charge is 0.453 e. The summed E-state index contributed by atoms with van der Waals surface area (Å²) in [5.74, 6) is -6.43. The highest BCUT2D eigenvalue weighted by Crippen LogP contribution is 2.53. The predicted octanol–water partition coefficient (Wildman–Crippen LogP) is 5.41. The van der Waals surface area contributed by atoms with Gasteiger partial charge in [-0.1, -0.05) is 42.5 Å². The molecule has 1 N–H and O–H groups in total. The van der Waals surface area contributed by atoms with Crippen LogP contribution >= 0.6 is 0 Å². The van der Waals surface area contributed by atoms with Gasteiger partial charge in [0.05, 0.1) is 12.7 Å². The normalized spacial score (nSPS) is 22.7. The first-order valence-electron chi connectivity index (χ1n) is 8.85. The van der Waals surface area contributed by atoms with Gasteiger partial charge in [-0.05, 0) is 24.8 Å². The van der Waals surface area contributed by atoms with Gasteiger partial charge in [0.25, 0.3) is 0 Å². The molecule has 0 amide bonds. The van der Waals surface area contributed by atoms with Crippen LogP contribution in [0.1, 0.15) is 37.4 Å². The number of carboxylic acid groups (broad SMARTS) is 1. The van der Waals surface area contributed by atoms with Crippen molar-refractivity contribution in [3.05, 3.63) is 48.0 Å². The van der Waals surface area contributed by atoms with Gasteiger partial charge in [0.15, 0.2) is 0 Å². The van der Waals surface area contributed by atoms with Crippen LogP contribution in [0.3, 0.4) is 0 Å². The number of hydrogen-bond donors (Lipinski definition) is 1. The number of aliphatic carboxylic acids is 1. The number of hydrogen-bond acceptors (Lipinski definition) is 3. The highest BCUT2D eigenvalue weighted by Gasteiger charge is 2.76. The fraction of sp³-hybridized carbons (Fsp3) is 0.526. The molecule has 0 saturated carbocycles. The topological polar surface area (TPSA) is 55.8 Å². The van der Waals surface area contributed by atoms with Gasteiger partial charge in [0, 0.05) is 12.3 Å². The molecule has 29 heavy (non-hydrogen) atoms. The van der Waals surface area contributed by atoms with E-state index in [1.165, 1.54) is 24.3 Å². The molecule has 1 aliphatic heterocycles. The molecule has 0 aromatic heterocycles. The fourth-order valence-corrected chi connectivity index (χ4v) is 3.01. The van der Waals surface area contributed by atoms with Crippen LogP contribution in [0.15, 0.2) is 42.5 Å². The van der Waals surface area contributed by atoms with E-state index in [2.05, 4.69) is 9.47 Å². The van der Waals surface area contributed by atoms with Crippen LogP contribution < -0.4 is 0 Å². The quantitative estimate of drug-likeness (QED) is 0.360. The van der Waals surface area contributed by atoms with Crippen molar-refractivity contribution in [3.8, 4) is 0 Å². The molecule has 1 fully saturated rings. The van der Waals surface area contributed by atoms with Crippen molar-refractivity contribution >= 4 is 5.97 Å². The summed E-state index contributed by atoms with van der Waals surface area (Å²) in [6, 6.07) is 7.38. The van der Waals surface area contributed by atoms with Gasteiger partial charge in [0.2, 0.25) is 0 Å². The molecule has 0 unspecified atom stereocenters. The molecule has 0 spiro atoms. The average molecular weight is 426 g/mol. The average Bonchev–Trinajstić information content (AvgIpc) is 2.63. The largest absolute Gasteiger partial charge is 0.481 e. The van der Waals surface area contributed by atoms with Crippen molar-refractivity contribution in [1.82, 2.24) is 0 Å². The van der Waals surface area contributed by atoms with E-state index in [9.17, 15) is 31.1 Å². The van der Waals surface area contributed by atoms with Crippen LogP contribution in [-0.4, -0.2) is 35.8 Å². The number of alkyl halides is 6. The molecule has 4 nitrogen and oxygen atoms in total. The van der Waals surface area contributed by atoms with Crippen LogP contribution in [0, 0.1) is 5.92 Å². The minimum absolute atomic E-state index is 0.0354. The van der Waals surface area contributed by atoms with Crippen LogP contribution in [-0.2, 0) is 14.3 Å². The minimum Gasteiger partial charge on any atom is -0.481 e. The molecule has 1 aromatic rings. The zero-order valence-electron chi connectivity index (χ0n) is 15.2. The van der Waals surface area contributed by atoms with E-state index >= 15 is 0 Å². The van der Waals surface area contributed by atoms with Gasteiger partial charge >= 0.3 is 24.1 Å². The molecular formula is C19H20F6O4. The van der Waals surface area contributed by atoms with E-state index in [4.69, 9.17) is 5.11 Å². The summed E-state index contributed by atoms with van der Waals surface area (Å²) in [6.45, 7) is -0.807. The third-order valence-electron chi connectivity index (χ3n) is 4.46. The van der Waals surface area contributed by atoms with Crippen LogP contribution in [0.25, 0.3) is 0 Å². The summed E-state index contributed by atoms with van der Waals surface area (Å²) in [5.41, 5.74) is 0.179. The Morgan fingerprint density at radius 1 is 1.10 bits per heavy atom. The molecule has 1 saturated heterocycles. The Balaban J connectivity index is 2.21. The fourth-order valence-electron chi connectivity index (χ4n) is 3.01. The standard InChI is InChI=1S/C19H20F6O4/c20-18(21,22)17(19(23,24)25)28-12-14(10-4-1-2-7-11-15(26)27)16(29-17)13-8-5-3-6-9-13/h1,3-6,8-9,14,16H,2,7,10-12H2,(H,26,27)/t14-,16-/m1/s1. The maximum Gasteiger partial charge on any atom is 0.453 e. The highest BCUT2D eigenvalue weighted by atomic mass is 19.4. The summed E-state index contributed by atoms with van der Waals surface area (Å²) >= 11 is 0. The van der Waals surface area contributed by atoms with Crippen molar-refractivity contribution in [3.63, 3.8) is 0 Å². The molecule has 1 aliphatic rings. The Morgan fingerprint density at radius 2 is 1.72 bits per heavy atom. The molecule has 0 bridgehead atoms. The van der Waals surface area contributed by atoms with E-state index in [0.717, 1.165) is 0 Å². The lowest BCUT2D eigenvalue weighted by Crippen LogP contribution is -2.64. The van der Waals surface area contributed by atoms with Crippen molar-refractivity contribution in [1.29, 1.82) is 0 Å². The van der Waals surface area contributed by atoms with Crippen molar-refractivity contribution in [2.75, 3.05) is 6.61 Å². The van der Waals surface area contributed by atoms with Crippen molar-refractivity contribution < 1.29 is 45.7 Å². The number of halogens is 6. The van der Waals surface area contributed by atoms with Gasteiger partial charge in [0.1, 0.15) is 0 Å². The third kappa shape index (κ3) is 5.51. The number of allylic oxidation sites excluding steroid dienone is 2. The number of carbonyl (C=O) groups is 1. The second-order valence-electron chi connectivity index (χ2n) is 6.63. The Bertz CT molecular complexity index is 685. The summed E-state index contributed by atoms with van der Waals surface area (Å²) in [5, 5.41) is 8.57. The Labute approximate surface area is 163 Å².